The number of nitrogens with one attached hydrogen (secondary N) is 2. The van der Waals surface area contributed by atoms with Crippen LogP contribution >= 0.6 is 24.2 Å². The first kappa shape index (κ1) is 19.3. The van der Waals surface area contributed by atoms with Crippen LogP contribution in [0, 0.1) is 0 Å². The lowest BCUT2D eigenvalue weighted by molar-refractivity contribution is -0.118. The van der Waals surface area contributed by atoms with Crippen molar-refractivity contribution in [1.82, 2.24) is 10.3 Å². The summed E-state index contributed by atoms with van der Waals surface area (Å²) in [5.74, 6) is -0.660. The Morgan fingerprint density at radius 3 is 2.80 bits per heavy atom. The number of unbranched alkanes of at least 4 members (excludes halogenated alkanes) is 1. The third-order valence-electron chi connectivity index (χ3n) is 3.60. The number of carbonyl (C=O) groups is 2. The zero-order valence-electron chi connectivity index (χ0n) is 13.8. The number of amides is 2. The van der Waals surface area contributed by atoms with Crippen LogP contribution in [-0.2, 0) is 4.79 Å². The smallest absolute Gasteiger partial charge is 0.253 e. The number of rotatable bonds is 7. The number of anilines is 1. The Labute approximate surface area is 157 Å². The van der Waals surface area contributed by atoms with E-state index in [2.05, 4.69) is 28.2 Å². The van der Waals surface area contributed by atoms with Crippen LogP contribution in [0.25, 0.3) is 0 Å². The van der Waals surface area contributed by atoms with Crippen LogP contribution in [-0.4, -0.2) is 22.8 Å². The molecule has 0 aliphatic carbocycles. The quantitative estimate of drug-likeness (QED) is 0.640. The maximum atomic E-state index is 12.5. The summed E-state index contributed by atoms with van der Waals surface area (Å²) in [5.41, 5.74) is 0.924. The van der Waals surface area contributed by atoms with Crippen molar-refractivity contribution in [2.24, 2.45) is 0 Å². The number of nitrogens with zero attached hydrogens (tertiary/aromatic N) is 1. The molecule has 1 heterocycles. The van der Waals surface area contributed by atoms with Crippen molar-refractivity contribution in [3.63, 3.8) is 0 Å². The van der Waals surface area contributed by atoms with Gasteiger partial charge >= 0.3 is 0 Å². The summed E-state index contributed by atoms with van der Waals surface area (Å²) in [5, 5.41) is 5.99. The van der Waals surface area contributed by atoms with E-state index < -0.39 is 6.04 Å². The molecule has 0 radical (unpaired) electrons. The molecule has 2 rings (SSSR count). The number of halogens is 1. The molecule has 0 saturated heterocycles. The van der Waals surface area contributed by atoms with Crippen LogP contribution in [0.15, 0.2) is 47.6 Å². The van der Waals surface area contributed by atoms with Crippen LogP contribution in [0.1, 0.15) is 36.5 Å². The Bertz CT molecular complexity index is 740. The topological polar surface area (TPSA) is 71.1 Å². The highest BCUT2D eigenvalue weighted by atomic mass is 35.5. The highest BCUT2D eigenvalue weighted by Gasteiger charge is 2.22. The summed E-state index contributed by atoms with van der Waals surface area (Å²) in [6, 6.07) is 7.66. The molecule has 0 fully saturated rings. The molecule has 0 spiro atoms. The van der Waals surface area contributed by atoms with E-state index in [0.29, 0.717) is 27.6 Å². The van der Waals surface area contributed by atoms with E-state index in [1.807, 2.05) is 6.92 Å². The maximum absolute atomic E-state index is 12.5. The first-order chi connectivity index (χ1) is 12.0. The fraction of sp³-hybridized carbons (Fsp3) is 0.278. The van der Waals surface area contributed by atoms with Gasteiger partial charge in [-0.05, 0) is 36.8 Å². The van der Waals surface area contributed by atoms with Gasteiger partial charge in [0.05, 0.1) is 17.4 Å². The van der Waals surface area contributed by atoms with E-state index >= 15 is 0 Å². The van der Waals surface area contributed by atoms with Gasteiger partial charge in [0, 0.05) is 16.1 Å². The molecule has 0 aliphatic heterocycles. The molecule has 1 aromatic carbocycles. The van der Waals surface area contributed by atoms with E-state index in [-0.39, 0.29) is 11.8 Å². The summed E-state index contributed by atoms with van der Waals surface area (Å²) >= 11 is 10.2. The molecule has 0 bridgehead atoms. The van der Waals surface area contributed by atoms with Crippen LogP contribution in [0.5, 0.6) is 0 Å². The number of hydrogen-bond acceptors (Lipinski definition) is 4. The number of pyridine rings is 1. The highest BCUT2D eigenvalue weighted by Crippen LogP contribution is 2.19. The fourth-order valence-corrected chi connectivity index (χ4v) is 2.68. The summed E-state index contributed by atoms with van der Waals surface area (Å²) < 4.78 is 0. The maximum Gasteiger partial charge on any atom is 0.253 e. The van der Waals surface area contributed by atoms with Gasteiger partial charge in [-0.3, -0.25) is 14.6 Å². The number of thiol groups is 1. The second-order valence-electron chi connectivity index (χ2n) is 5.56. The Kier molecular flexibility index (Phi) is 7.28. The summed E-state index contributed by atoms with van der Waals surface area (Å²) in [4.78, 5) is 29.5. The van der Waals surface area contributed by atoms with E-state index in [0.717, 1.165) is 12.8 Å². The first-order valence-corrected chi connectivity index (χ1v) is 8.84. The van der Waals surface area contributed by atoms with Crippen molar-refractivity contribution in [3.8, 4) is 0 Å². The van der Waals surface area contributed by atoms with E-state index in [4.69, 9.17) is 11.6 Å². The van der Waals surface area contributed by atoms with Gasteiger partial charge < -0.3 is 10.6 Å². The SMILES string of the molecule is CCCCC(NC(=O)c1cc(Cl)ccc1S)C(=O)Nc1cccnc1. The zero-order valence-corrected chi connectivity index (χ0v) is 15.5. The van der Waals surface area contributed by atoms with E-state index in [1.54, 1.807) is 36.7 Å². The van der Waals surface area contributed by atoms with Gasteiger partial charge in [0.1, 0.15) is 6.04 Å². The van der Waals surface area contributed by atoms with Crippen LogP contribution in [0.3, 0.4) is 0 Å². The Hall–Kier alpha value is -2.05. The molecular formula is C18H20ClN3O2S. The van der Waals surface area contributed by atoms with Crippen LogP contribution in [0.2, 0.25) is 5.02 Å². The molecule has 0 saturated carbocycles. The number of carbonyl (C=O) groups excluding carboxylic acids is 2. The average Bonchev–Trinajstić information content (AvgIpc) is 2.61. The highest BCUT2D eigenvalue weighted by molar-refractivity contribution is 7.80. The van der Waals surface area contributed by atoms with Gasteiger partial charge in [-0.1, -0.05) is 31.4 Å². The Morgan fingerprint density at radius 1 is 1.32 bits per heavy atom. The minimum absolute atomic E-state index is 0.280. The van der Waals surface area contributed by atoms with Gasteiger partial charge in [0.25, 0.3) is 5.91 Å². The second kappa shape index (κ2) is 9.44. The molecule has 1 unspecified atom stereocenters. The lowest BCUT2D eigenvalue weighted by Crippen LogP contribution is -2.44. The molecule has 2 amide bonds. The Balaban J connectivity index is 2.12. The van der Waals surface area contributed by atoms with Crippen molar-refractivity contribution in [2.45, 2.75) is 37.1 Å². The molecule has 132 valence electrons. The fourth-order valence-electron chi connectivity index (χ4n) is 2.27. The van der Waals surface area contributed by atoms with Crippen molar-refractivity contribution in [2.75, 3.05) is 5.32 Å². The van der Waals surface area contributed by atoms with Crippen molar-refractivity contribution < 1.29 is 9.59 Å². The molecular weight excluding hydrogens is 358 g/mol. The third kappa shape index (κ3) is 5.76. The summed E-state index contributed by atoms with van der Waals surface area (Å²) in [6.45, 7) is 2.03. The van der Waals surface area contributed by atoms with Gasteiger partial charge in [0.2, 0.25) is 5.91 Å². The minimum Gasteiger partial charge on any atom is -0.340 e. The van der Waals surface area contributed by atoms with E-state index in [1.165, 1.54) is 6.07 Å². The summed E-state index contributed by atoms with van der Waals surface area (Å²) in [7, 11) is 0. The number of benzene rings is 1. The van der Waals surface area contributed by atoms with Crippen molar-refractivity contribution in [3.05, 3.63) is 53.3 Å². The largest absolute Gasteiger partial charge is 0.340 e. The van der Waals surface area contributed by atoms with Crippen LogP contribution in [0.4, 0.5) is 5.69 Å². The molecule has 5 nitrogen and oxygen atoms in total. The van der Waals surface area contributed by atoms with Gasteiger partial charge in [-0.2, -0.15) is 0 Å². The number of aromatic nitrogens is 1. The average molecular weight is 378 g/mol. The van der Waals surface area contributed by atoms with Crippen molar-refractivity contribution in [1.29, 1.82) is 0 Å². The molecule has 25 heavy (non-hydrogen) atoms. The standard InChI is InChI=1S/C18H20ClN3O2S/c1-2-3-6-15(18(24)21-13-5-4-9-20-11-13)22-17(23)14-10-12(19)7-8-16(14)25/h4-5,7-11,15,25H,2-3,6H2,1H3,(H,21,24)(H,22,23). The molecule has 1 aromatic heterocycles. The molecule has 2 aromatic rings. The molecule has 2 N–H and O–H groups in total. The van der Waals surface area contributed by atoms with Crippen LogP contribution < -0.4 is 10.6 Å². The minimum atomic E-state index is -0.653. The van der Waals surface area contributed by atoms with Crippen molar-refractivity contribution >= 4 is 41.7 Å². The van der Waals surface area contributed by atoms with Gasteiger partial charge in [-0.15, -0.1) is 12.6 Å². The van der Waals surface area contributed by atoms with Gasteiger partial charge in [-0.25, -0.2) is 0 Å². The zero-order chi connectivity index (χ0) is 18.2. The van der Waals surface area contributed by atoms with Gasteiger partial charge in [0.15, 0.2) is 0 Å². The lowest BCUT2D eigenvalue weighted by Gasteiger charge is -2.19. The van der Waals surface area contributed by atoms with E-state index in [9.17, 15) is 9.59 Å². The molecule has 0 aliphatic rings. The molecule has 7 heteroatoms. The normalized spacial score (nSPS) is 11.6. The predicted molar refractivity (Wildman–Crippen MR) is 102 cm³/mol. The number of hydrogen-bond donors (Lipinski definition) is 3. The first-order valence-electron chi connectivity index (χ1n) is 8.01. The summed E-state index contributed by atoms with van der Waals surface area (Å²) in [6.07, 6.45) is 5.45. The predicted octanol–water partition coefficient (Wildman–Crippen LogP) is 3.95. The second-order valence-corrected chi connectivity index (χ2v) is 6.48. The lowest BCUT2D eigenvalue weighted by atomic mass is 10.1. The molecule has 1 atom stereocenters. The third-order valence-corrected chi connectivity index (χ3v) is 4.23. The Morgan fingerprint density at radius 2 is 2.12 bits per heavy atom. The monoisotopic (exact) mass is 377 g/mol.